The summed E-state index contributed by atoms with van der Waals surface area (Å²) in [6, 6.07) is 9.13. The Morgan fingerprint density at radius 2 is 1.67 bits per heavy atom. The predicted molar refractivity (Wildman–Crippen MR) is 96.9 cm³/mol. The molecule has 0 bridgehead atoms. The van der Waals surface area contributed by atoms with Crippen molar-refractivity contribution in [2.75, 3.05) is 0 Å². The monoisotopic (exact) mass is 453 g/mol. The largest absolute Gasteiger partial charge is 1.00 e. The molecule has 3 rings (SSSR count). The fraction of sp³-hybridized carbons (Fsp3) is 0.300. The number of allylic oxidation sites excluding steroid dienone is 8. The summed E-state index contributed by atoms with van der Waals surface area (Å²) in [6.07, 6.45) is 9.63. The van der Waals surface area contributed by atoms with Crippen molar-refractivity contribution in [3.63, 3.8) is 0 Å². The van der Waals surface area contributed by atoms with Crippen LogP contribution in [0.4, 0.5) is 0 Å². The number of hydrogen-bond donors (Lipinski definition) is 0. The van der Waals surface area contributed by atoms with Crippen LogP contribution < -0.4 is 30.0 Å². The predicted octanol–water partition coefficient (Wildman–Crippen LogP) is -1.81. The van der Waals surface area contributed by atoms with Gasteiger partial charge in [-0.05, 0) is 0 Å². The SMILES string of the molecule is CC1=C(C)C(C)=[C]([Zr+2]([SiH2]c2ccccc2C)[C]2=CC=CC2)C1.[Cl-].[Cl-]. The van der Waals surface area contributed by atoms with Gasteiger partial charge in [0.05, 0.1) is 0 Å². The van der Waals surface area contributed by atoms with Crippen LogP contribution in [0.3, 0.4) is 0 Å². The third-order valence-electron chi connectivity index (χ3n) is 5.25. The molecule has 0 unspecified atom stereocenters. The number of halogens is 2. The zero-order valence-electron chi connectivity index (χ0n) is 14.9. The molecule has 2 aliphatic carbocycles. The van der Waals surface area contributed by atoms with Crippen LogP contribution >= 0.6 is 0 Å². The first-order valence-electron chi connectivity index (χ1n) is 8.21. The molecule has 0 atom stereocenters. The molecule has 0 spiro atoms. The maximum absolute atomic E-state index is 2.46. The molecular weight excluding hydrogens is 430 g/mol. The van der Waals surface area contributed by atoms with Crippen LogP contribution in [0, 0.1) is 6.92 Å². The second-order valence-electron chi connectivity index (χ2n) is 6.59. The molecule has 0 N–H and O–H groups in total. The molecule has 1 aromatic carbocycles. The summed E-state index contributed by atoms with van der Waals surface area (Å²) in [5, 5.41) is 1.72. The molecule has 0 aliphatic heterocycles. The first kappa shape index (κ1) is 21.9. The van der Waals surface area contributed by atoms with Gasteiger partial charge >= 0.3 is 145 Å². The van der Waals surface area contributed by atoms with Gasteiger partial charge in [0.25, 0.3) is 0 Å². The zero-order chi connectivity index (χ0) is 15.7. The maximum atomic E-state index is 2.46. The molecule has 0 amide bonds. The second-order valence-corrected chi connectivity index (χ2v) is 19.9. The van der Waals surface area contributed by atoms with E-state index in [-0.39, 0.29) is 31.5 Å². The van der Waals surface area contributed by atoms with Gasteiger partial charge in [-0.1, -0.05) is 0 Å². The van der Waals surface area contributed by atoms with Crippen molar-refractivity contribution in [2.24, 2.45) is 0 Å². The minimum Gasteiger partial charge on any atom is -1.00 e. The van der Waals surface area contributed by atoms with E-state index in [1.165, 1.54) is 18.4 Å². The Bertz CT molecular complexity index is 729. The Balaban J connectivity index is 0.00000144. The average molecular weight is 456 g/mol. The smallest absolute Gasteiger partial charge is 1.00 e. The first-order valence-corrected chi connectivity index (χ1v) is 17.3. The van der Waals surface area contributed by atoms with Crippen molar-refractivity contribution in [2.45, 2.75) is 40.5 Å². The molecule has 0 heterocycles. The Kier molecular flexibility index (Phi) is 8.70. The standard InChI is InChI=1S/C8H11.C7H9Si.C5H5.2ClH.Zr/c1-6-4-5-7(2)8(6)3;1-6-4-2-3-5-7(6)8;1-2-4-5-3-1;;;/h4H2,1-3H3;2-5H,8H2,1H3;1-3H,4H2;2*1H;/q;;;;;+2/p-2. The summed E-state index contributed by atoms with van der Waals surface area (Å²) in [5.74, 6) is 0. The van der Waals surface area contributed by atoms with Gasteiger partial charge in [0.15, 0.2) is 0 Å². The zero-order valence-corrected chi connectivity index (χ0v) is 20.3. The summed E-state index contributed by atoms with van der Waals surface area (Å²) in [6.45, 7) is 9.19. The number of benzene rings is 1. The van der Waals surface area contributed by atoms with Gasteiger partial charge in [-0.15, -0.1) is 0 Å². The van der Waals surface area contributed by atoms with Crippen molar-refractivity contribution in [3.8, 4) is 0 Å². The molecule has 24 heavy (non-hydrogen) atoms. The van der Waals surface area contributed by atoms with Crippen LogP contribution in [0.2, 0.25) is 0 Å². The van der Waals surface area contributed by atoms with E-state index >= 15 is 0 Å². The fourth-order valence-electron chi connectivity index (χ4n) is 3.49. The second kappa shape index (κ2) is 9.53. The number of hydrogen-bond acceptors (Lipinski definition) is 0. The summed E-state index contributed by atoms with van der Waals surface area (Å²) >= 11 is -1.64. The van der Waals surface area contributed by atoms with Gasteiger partial charge in [-0.3, -0.25) is 0 Å². The molecule has 2 aliphatic rings. The Morgan fingerprint density at radius 3 is 2.21 bits per heavy atom. The summed E-state index contributed by atoms with van der Waals surface area (Å²) in [5.41, 5.74) is 6.38. The molecule has 0 saturated carbocycles. The molecule has 0 fully saturated rings. The van der Waals surface area contributed by atoms with Crippen molar-refractivity contribution < 1.29 is 45.7 Å². The van der Waals surface area contributed by atoms with Crippen LogP contribution in [-0.4, -0.2) is 6.65 Å². The molecule has 0 aromatic heterocycles. The normalized spacial score (nSPS) is 16.6. The van der Waals surface area contributed by atoms with Crippen molar-refractivity contribution >= 4 is 11.8 Å². The average Bonchev–Trinajstić information content (AvgIpc) is 3.12. The molecule has 0 saturated heterocycles. The van der Waals surface area contributed by atoms with E-state index in [0.717, 1.165) is 0 Å². The van der Waals surface area contributed by atoms with Crippen molar-refractivity contribution in [1.29, 1.82) is 0 Å². The minimum absolute atomic E-state index is 0. The summed E-state index contributed by atoms with van der Waals surface area (Å²) in [7, 11) is 0. The Labute approximate surface area is 168 Å². The van der Waals surface area contributed by atoms with Crippen LogP contribution in [0.1, 0.15) is 39.2 Å². The topological polar surface area (TPSA) is 0 Å². The van der Waals surface area contributed by atoms with Crippen LogP contribution in [0.15, 0.2) is 65.8 Å². The van der Waals surface area contributed by atoms with E-state index in [4.69, 9.17) is 0 Å². The van der Waals surface area contributed by atoms with E-state index < -0.39 is 20.9 Å². The molecular formula is C20H25Cl2SiZr. The van der Waals surface area contributed by atoms with Gasteiger partial charge in [0, 0.05) is 0 Å². The maximum Gasteiger partial charge on any atom is -1.00 e. The summed E-state index contributed by atoms with van der Waals surface area (Å²) in [4.78, 5) is 0. The van der Waals surface area contributed by atoms with E-state index in [1.54, 1.807) is 21.9 Å². The van der Waals surface area contributed by atoms with E-state index in [2.05, 4.69) is 70.2 Å². The minimum atomic E-state index is -1.64. The molecule has 0 nitrogen and oxygen atoms in total. The van der Waals surface area contributed by atoms with Crippen LogP contribution in [0.25, 0.3) is 0 Å². The third kappa shape index (κ3) is 4.52. The summed E-state index contributed by atoms with van der Waals surface area (Å²) < 4.78 is 3.75. The number of aryl methyl sites for hydroxylation is 1. The van der Waals surface area contributed by atoms with Gasteiger partial charge in [-0.25, -0.2) is 0 Å². The third-order valence-corrected chi connectivity index (χ3v) is 23.4. The number of rotatable bonds is 4. The first-order chi connectivity index (χ1) is 10.6. The van der Waals surface area contributed by atoms with E-state index in [9.17, 15) is 0 Å². The van der Waals surface area contributed by atoms with E-state index in [1.807, 2.05) is 6.56 Å². The Morgan fingerprint density at radius 1 is 0.958 bits per heavy atom. The molecule has 4 heteroatoms. The molecule has 1 aromatic rings. The van der Waals surface area contributed by atoms with Crippen molar-refractivity contribution in [3.05, 3.63) is 71.3 Å². The van der Waals surface area contributed by atoms with Gasteiger partial charge in [0.2, 0.25) is 0 Å². The molecule has 127 valence electrons. The van der Waals surface area contributed by atoms with Gasteiger partial charge < -0.3 is 24.8 Å². The Hall–Kier alpha value is -0.140. The van der Waals surface area contributed by atoms with Gasteiger partial charge in [0.1, 0.15) is 0 Å². The van der Waals surface area contributed by atoms with Gasteiger partial charge in [-0.2, -0.15) is 0 Å². The van der Waals surface area contributed by atoms with E-state index in [0.29, 0.717) is 0 Å². The van der Waals surface area contributed by atoms with Crippen molar-refractivity contribution in [1.82, 2.24) is 0 Å². The quantitative estimate of drug-likeness (QED) is 0.470. The molecule has 0 radical (unpaired) electrons. The van der Waals surface area contributed by atoms with Crippen LogP contribution in [-0.2, 0) is 20.9 Å². The fourth-order valence-corrected chi connectivity index (χ4v) is 23.1. The van der Waals surface area contributed by atoms with Crippen LogP contribution in [0.5, 0.6) is 0 Å².